The lowest BCUT2D eigenvalue weighted by Gasteiger charge is -2.44. The number of ether oxygens (including phenoxy) is 6. The standard InChI is InChI=1S/C13H22O6/c1-12(2)18-10-9-8(17-11(10)19-12)7(16-9)6-13(3,14-4)15-5/h7-11H,6H2,1-5H3/t7?,8-,9-,10-,11-/m1/s1. The van der Waals surface area contributed by atoms with Crippen molar-refractivity contribution in [1.82, 2.24) is 0 Å². The summed E-state index contributed by atoms with van der Waals surface area (Å²) >= 11 is 0. The van der Waals surface area contributed by atoms with E-state index in [0.29, 0.717) is 6.42 Å². The quantitative estimate of drug-likeness (QED) is 0.714. The molecule has 19 heavy (non-hydrogen) atoms. The highest BCUT2D eigenvalue weighted by Crippen LogP contribution is 2.46. The van der Waals surface area contributed by atoms with E-state index in [1.807, 2.05) is 20.8 Å². The van der Waals surface area contributed by atoms with Crippen molar-refractivity contribution >= 4 is 0 Å². The molecule has 0 bridgehead atoms. The van der Waals surface area contributed by atoms with Crippen molar-refractivity contribution in [1.29, 1.82) is 0 Å². The SMILES string of the molecule is COC(C)(CC1O[C@H]2[C@H]3OC(C)(C)O[C@H]3O[C@H]12)OC. The van der Waals surface area contributed by atoms with E-state index in [2.05, 4.69) is 0 Å². The largest absolute Gasteiger partial charge is 0.366 e. The summed E-state index contributed by atoms with van der Waals surface area (Å²) < 4.78 is 34.0. The maximum absolute atomic E-state index is 5.88. The van der Waals surface area contributed by atoms with E-state index in [1.165, 1.54) is 0 Å². The van der Waals surface area contributed by atoms with Gasteiger partial charge in [-0.2, -0.15) is 0 Å². The van der Waals surface area contributed by atoms with Crippen LogP contribution in [-0.2, 0) is 28.4 Å². The Morgan fingerprint density at radius 1 is 1.00 bits per heavy atom. The summed E-state index contributed by atoms with van der Waals surface area (Å²) in [6, 6.07) is 0. The molecule has 3 heterocycles. The van der Waals surface area contributed by atoms with Crippen molar-refractivity contribution in [3.05, 3.63) is 0 Å². The summed E-state index contributed by atoms with van der Waals surface area (Å²) in [5.41, 5.74) is 0. The van der Waals surface area contributed by atoms with Crippen LogP contribution < -0.4 is 0 Å². The predicted molar refractivity (Wildman–Crippen MR) is 64.4 cm³/mol. The van der Waals surface area contributed by atoms with Crippen molar-refractivity contribution in [3.63, 3.8) is 0 Å². The van der Waals surface area contributed by atoms with Crippen molar-refractivity contribution in [2.75, 3.05) is 14.2 Å². The molecule has 0 N–H and O–H groups in total. The summed E-state index contributed by atoms with van der Waals surface area (Å²) in [7, 11) is 3.25. The van der Waals surface area contributed by atoms with E-state index in [0.717, 1.165) is 0 Å². The lowest BCUT2D eigenvalue weighted by atomic mass is 9.93. The minimum Gasteiger partial charge on any atom is -0.366 e. The van der Waals surface area contributed by atoms with Gasteiger partial charge in [-0.15, -0.1) is 0 Å². The third-order valence-electron chi connectivity index (χ3n) is 4.16. The Labute approximate surface area is 113 Å². The number of methoxy groups -OCH3 is 2. The smallest absolute Gasteiger partial charge is 0.190 e. The van der Waals surface area contributed by atoms with Crippen LogP contribution in [0, 0.1) is 0 Å². The summed E-state index contributed by atoms with van der Waals surface area (Å²) in [6.45, 7) is 5.65. The van der Waals surface area contributed by atoms with Crippen molar-refractivity contribution in [2.45, 2.75) is 69.5 Å². The molecule has 6 nitrogen and oxygen atoms in total. The molecule has 3 fully saturated rings. The Hall–Kier alpha value is -0.240. The molecule has 0 saturated carbocycles. The maximum Gasteiger partial charge on any atom is 0.190 e. The third kappa shape index (κ3) is 2.20. The molecule has 0 aliphatic carbocycles. The summed E-state index contributed by atoms with van der Waals surface area (Å²) in [6.07, 6.45) is 0.0597. The molecule has 3 saturated heterocycles. The first kappa shape index (κ1) is 13.7. The van der Waals surface area contributed by atoms with Gasteiger partial charge in [0.2, 0.25) is 0 Å². The Bertz CT molecular complexity index is 353. The van der Waals surface area contributed by atoms with Gasteiger partial charge in [0.25, 0.3) is 0 Å². The van der Waals surface area contributed by atoms with Crippen LogP contribution in [0.25, 0.3) is 0 Å². The molecule has 6 heteroatoms. The highest BCUT2D eigenvalue weighted by Gasteiger charge is 2.63. The molecule has 0 radical (unpaired) electrons. The van der Waals surface area contributed by atoms with Gasteiger partial charge >= 0.3 is 0 Å². The lowest BCUT2D eigenvalue weighted by Crippen LogP contribution is -2.58. The first-order chi connectivity index (χ1) is 8.87. The molecule has 0 aromatic rings. The molecule has 0 spiro atoms. The zero-order chi connectivity index (χ0) is 13.8. The number of fused-ring (bicyclic) bond motifs is 3. The topological polar surface area (TPSA) is 55.4 Å². The molecular formula is C13H22O6. The second-order valence-corrected chi connectivity index (χ2v) is 5.95. The second-order valence-electron chi connectivity index (χ2n) is 5.95. The fourth-order valence-electron chi connectivity index (χ4n) is 2.93. The van der Waals surface area contributed by atoms with E-state index in [9.17, 15) is 0 Å². The van der Waals surface area contributed by atoms with Crippen LogP contribution in [0.5, 0.6) is 0 Å². The number of rotatable bonds is 4. The summed E-state index contributed by atoms with van der Waals surface area (Å²) in [4.78, 5) is 0. The van der Waals surface area contributed by atoms with Gasteiger partial charge in [0.1, 0.15) is 18.3 Å². The molecule has 0 aromatic heterocycles. The van der Waals surface area contributed by atoms with Gasteiger partial charge in [-0.05, 0) is 20.8 Å². The Balaban J connectivity index is 1.60. The number of hydrogen-bond donors (Lipinski definition) is 0. The highest BCUT2D eigenvalue weighted by molar-refractivity contribution is 5.04. The van der Waals surface area contributed by atoms with E-state index in [-0.39, 0.29) is 30.7 Å². The monoisotopic (exact) mass is 274 g/mol. The molecule has 110 valence electrons. The minimum atomic E-state index is -0.655. The van der Waals surface area contributed by atoms with E-state index in [4.69, 9.17) is 28.4 Å². The lowest BCUT2D eigenvalue weighted by molar-refractivity contribution is -0.302. The maximum atomic E-state index is 5.88. The fourth-order valence-corrected chi connectivity index (χ4v) is 2.93. The summed E-state index contributed by atoms with van der Waals surface area (Å²) in [5.74, 6) is -1.25. The van der Waals surface area contributed by atoms with Gasteiger partial charge in [-0.3, -0.25) is 0 Å². The highest BCUT2D eigenvalue weighted by atomic mass is 16.9. The van der Waals surface area contributed by atoms with Crippen molar-refractivity contribution in [2.24, 2.45) is 0 Å². The molecule has 0 amide bonds. The van der Waals surface area contributed by atoms with Gasteiger partial charge in [-0.1, -0.05) is 0 Å². The predicted octanol–water partition coefficient (Wildman–Crippen LogP) is 1.03. The van der Waals surface area contributed by atoms with Crippen LogP contribution in [0.3, 0.4) is 0 Å². The molecular weight excluding hydrogens is 252 g/mol. The van der Waals surface area contributed by atoms with Crippen LogP contribution in [0.2, 0.25) is 0 Å². The van der Waals surface area contributed by atoms with Crippen molar-refractivity contribution < 1.29 is 28.4 Å². The zero-order valence-electron chi connectivity index (χ0n) is 12.0. The average molecular weight is 274 g/mol. The first-order valence-electron chi connectivity index (χ1n) is 6.64. The molecule has 3 rings (SSSR count). The van der Waals surface area contributed by atoms with Crippen molar-refractivity contribution in [3.8, 4) is 0 Å². The van der Waals surface area contributed by atoms with Crippen LogP contribution in [-0.4, -0.2) is 56.5 Å². The minimum absolute atomic E-state index is 0.00396. The van der Waals surface area contributed by atoms with Gasteiger partial charge in [-0.25, -0.2) is 0 Å². The Morgan fingerprint density at radius 3 is 2.32 bits per heavy atom. The van der Waals surface area contributed by atoms with Gasteiger partial charge in [0.05, 0.1) is 6.10 Å². The fraction of sp³-hybridized carbons (Fsp3) is 1.00. The normalized spacial score (nSPS) is 43.7. The van der Waals surface area contributed by atoms with Gasteiger partial charge < -0.3 is 28.4 Å². The van der Waals surface area contributed by atoms with Crippen LogP contribution in [0.4, 0.5) is 0 Å². The molecule has 5 atom stereocenters. The molecule has 3 aliphatic rings. The first-order valence-corrected chi connectivity index (χ1v) is 6.64. The summed E-state index contributed by atoms with van der Waals surface area (Å²) in [5, 5.41) is 0. The number of hydrogen-bond acceptors (Lipinski definition) is 6. The van der Waals surface area contributed by atoms with Crippen LogP contribution in [0.1, 0.15) is 27.2 Å². The molecule has 3 aliphatic heterocycles. The second kappa shape index (κ2) is 4.38. The molecule has 0 aromatic carbocycles. The van der Waals surface area contributed by atoms with E-state index < -0.39 is 11.6 Å². The van der Waals surface area contributed by atoms with E-state index in [1.54, 1.807) is 14.2 Å². The van der Waals surface area contributed by atoms with Crippen LogP contribution in [0.15, 0.2) is 0 Å². The van der Waals surface area contributed by atoms with Crippen LogP contribution >= 0.6 is 0 Å². The van der Waals surface area contributed by atoms with E-state index >= 15 is 0 Å². The average Bonchev–Trinajstić information content (AvgIpc) is 2.77. The third-order valence-corrected chi connectivity index (χ3v) is 4.16. The van der Waals surface area contributed by atoms with Gasteiger partial charge in [0, 0.05) is 20.6 Å². The van der Waals surface area contributed by atoms with Gasteiger partial charge in [0.15, 0.2) is 17.9 Å². The Kier molecular flexibility index (Phi) is 3.16. The molecule has 1 unspecified atom stereocenters. The Morgan fingerprint density at radius 2 is 1.68 bits per heavy atom. The zero-order valence-corrected chi connectivity index (χ0v) is 12.0.